The molecule has 0 atom stereocenters. The number of halogens is 1. The van der Waals surface area contributed by atoms with Gasteiger partial charge in [-0.1, -0.05) is 100 Å². The topological polar surface area (TPSA) is 61.9 Å². The summed E-state index contributed by atoms with van der Waals surface area (Å²) in [7, 11) is 25.8. The first-order valence-corrected chi connectivity index (χ1v) is 55.5. The monoisotopic (exact) mass is 1710 g/mol. The second kappa shape index (κ2) is 35.0. The van der Waals surface area contributed by atoms with Crippen molar-refractivity contribution in [2.75, 3.05) is 9.80 Å². The van der Waals surface area contributed by atoms with Gasteiger partial charge in [0.2, 0.25) is 0 Å². The molecule has 91 heavy (non-hydrogen) atoms. The van der Waals surface area contributed by atoms with E-state index in [0.717, 1.165) is 14.3 Å². The van der Waals surface area contributed by atoms with E-state index in [-0.39, 0.29) is 51.6 Å². The first kappa shape index (κ1) is 79.3. The average Bonchev–Trinajstić information content (AvgIpc) is 1.20. The molecule has 0 aliphatic carbocycles. The van der Waals surface area contributed by atoms with E-state index in [1.807, 2.05) is 55.4 Å². The van der Waals surface area contributed by atoms with Gasteiger partial charge >= 0.3 is 21.1 Å². The number of thiophene rings is 2. The van der Waals surface area contributed by atoms with Crippen LogP contribution in [0.15, 0.2) is 124 Å². The van der Waals surface area contributed by atoms with Crippen molar-refractivity contribution in [3.63, 3.8) is 0 Å². The van der Waals surface area contributed by atoms with E-state index < -0.39 is 14.0 Å². The predicted molar refractivity (Wildman–Crippen MR) is 453 cm³/mol. The fourth-order valence-electron chi connectivity index (χ4n) is 10.1. The minimum absolute atomic E-state index is 0.00614. The van der Waals surface area contributed by atoms with Crippen LogP contribution < -0.4 is 14.6 Å². The molecule has 0 spiro atoms. The molecule has 7 heterocycles. The van der Waals surface area contributed by atoms with Crippen molar-refractivity contribution in [1.29, 1.82) is 0 Å². The number of hydrogen-bond acceptors (Lipinski definition) is 14. The van der Waals surface area contributed by atoms with Gasteiger partial charge in [0.25, 0.3) is 0 Å². The normalized spacial score (nSPS) is 18.5. The van der Waals surface area contributed by atoms with E-state index in [1.165, 1.54) is 86.2 Å². The van der Waals surface area contributed by atoms with Gasteiger partial charge in [-0.2, -0.15) is 11.3 Å². The lowest BCUT2D eigenvalue weighted by Crippen LogP contribution is -2.41. The Kier molecular flexibility index (Phi) is 30.5. The summed E-state index contributed by atoms with van der Waals surface area (Å²) in [5.74, 6) is 0. The van der Waals surface area contributed by atoms with Gasteiger partial charge in [-0.3, -0.25) is 0 Å². The largest absolute Gasteiger partial charge is 0.507 e. The summed E-state index contributed by atoms with van der Waals surface area (Å²) >= 11 is 25.8. The van der Waals surface area contributed by atoms with Crippen LogP contribution in [0.2, 0.25) is 0 Å². The highest BCUT2D eigenvalue weighted by atomic mass is 79.9. The Morgan fingerprint density at radius 1 is 0.330 bits per heavy atom. The zero-order chi connectivity index (χ0) is 66.6. The molecule has 492 valence electrons. The zero-order valence-corrected chi connectivity index (χ0v) is 72.8. The summed E-state index contributed by atoms with van der Waals surface area (Å²) in [5.41, 5.74) is 10.5. The van der Waals surface area contributed by atoms with Gasteiger partial charge in [-0.15, -0.1) is 11.3 Å². The van der Waals surface area contributed by atoms with Crippen LogP contribution in [0.4, 0.5) is 34.1 Å². The first-order chi connectivity index (χ1) is 42.9. The predicted octanol–water partition coefficient (Wildman–Crippen LogP) is 15.0. The van der Waals surface area contributed by atoms with Crippen molar-refractivity contribution in [1.82, 2.24) is 0 Å². The van der Waals surface area contributed by atoms with Gasteiger partial charge in [0.05, 0.1) is 76.3 Å². The summed E-state index contributed by atoms with van der Waals surface area (Å²) in [6.45, 7) is 33.9. The van der Waals surface area contributed by atoms with Crippen molar-refractivity contribution < 1.29 is 27.9 Å². The Bertz CT molecular complexity index is 4190. The molecule has 3 fully saturated rings. The lowest BCUT2D eigenvalue weighted by atomic mass is 9.49. The summed E-state index contributed by atoms with van der Waals surface area (Å²) in [6, 6.07) is 39.3. The van der Waals surface area contributed by atoms with Crippen LogP contribution in [0, 0.1) is 0 Å². The molecule has 5 aliphatic heterocycles. The SMILES string of the molecule is CC1(C)OB(B2OC(C)(C)C(C)(C)O2)OC1(C)C.CC1(C)c2ccccc2N(c2ccsc2B2OC(C)(C)C(C)(C)O2)c2ccccc21.CC1(C)c2ccccc2N(c2ccsc2Br)c2ccccc21.S=S=S=S=S=S=S=S=S=S.S=S=S=S=S=S=S=S=S=S=S. The number of hydrogen-bond donors (Lipinski definition) is 0. The van der Waals surface area contributed by atoms with E-state index in [9.17, 15) is 0 Å². The molecule has 3 saturated heterocycles. The standard InChI is InChI=1S/C25H28BNO2S.C19H16BrNS.C12H24B2O4.S11.S10/c1-23(2)17-11-7-9-13-19(17)27(20-14-10-8-12-18(20)23)21-15-16-30-22(21)26-28-24(3,4)25(5,6)29-26;1-19(2)13-7-3-5-9-15(13)21(17-11-12-22-18(17)20)16-10-6-4-8-14(16)19;1-9(2)10(3,4)16-13(15-9)14-17-11(5,6)12(7,8)18-14;1-3-5-7-9-11-10-8-6-4-2;1-3-5-7-9-10-8-6-4-2/h7-16H,1-6H3;3-12H,1-2H3;1-8H3;;. The van der Waals surface area contributed by atoms with Crippen molar-refractivity contribution >= 4 is 294 Å². The minimum atomic E-state index is -0.476. The van der Waals surface area contributed by atoms with Gasteiger partial charge in [-0.05, 0) is 168 Å². The minimum Gasteiger partial charge on any atom is -0.405 e. The molecule has 11 rings (SSSR count). The maximum Gasteiger partial charge on any atom is 0.507 e. The fraction of sp³-hybridized carbons (Fsp3) is 0.429. The molecule has 0 bridgehead atoms. The zero-order valence-electron chi connectivity index (χ0n) is 52.4. The quantitative estimate of drug-likeness (QED) is 0.158. The molecule has 0 radical (unpaired) electrons. The van der Waals surface area contributed by atoms with E-state index >= 15 is 0 Å². The van der Waals surface area contributed by atoms with Crippen molar-refractivity contribution in [3.8, 4) is 0 Å². The van der Waals surface area contributed by atoms with Gasteiger partial charge in [-0.25, -0.2) is 0 Å². The molecule has 4 aromatic carbocycles. The van der Waals surface area contributed by atoms with Crippen LogP contribution in [0.3, 0.4) is 0 Å². The summed E-state index contributed by atoms with van der Waals surface area (Å²) < 4.78 is 39.0. The van der Waals surface area contributed by atoms with Crippen LogP contribution in [-0.4, -0.2) is 54.7 Å². The third kappa shape index (κ3) is 19.3. The molecular formula is C56H68B3BrN2O6S23. The van der Waals surface area contributed by atoms with Gasteiger partial charge < -0.3 is 37.7 Å². The maximum absolute atomic E-state index is 6.42. The number of fused-ring (bicyclic) bond motifs is 4. The molecule has 0 saturated carbocycles. The fourth-order valence-corrected chi connectivity index (χ4v) is 47.8. The molecule has 0 unspecified atom stereocenters. The highest BCUT2D eigenvalue weighted by molar-refractivity contribution is 9.11. The number of nitrogens with zero attached hydrogens (tertiary/aromatic N) is 2. The number of anilines is 6. The Hall–Kier alpha value is 0.935. The van der Waals surface area contributed by atoms with Gasteiger partial charge in [0.15, 0.2) is 0 Å². The Morgan fingerprint density at radius 3 is 0.868 bits per heavy atom. The third-order valence-corrected chi connectivity index (χ3v) is 52.6. The van der Waals surface area contributed by atoms with Crippen LogP contribution in [0.1, 0.15) is 133 Å². The molecule has 8 nitrogen and oxygen atoms in total. The highest BCUT2D eigenvalue weighted by Gasteiger charge is 2.64. The number of para-hydroxylation sites is 4. The van der Waals surface area contributed by atoms with Crippen LogP contribution in [-0.2, 0) is 234 Å². The van der Waals surface area contributed by atoms with E-state index in [2.05, 4.69) is 246 Å². The van der Waals surface area contributed by atoms with Crippen LogP contribution >= 0.6 is 38.6 Å². The molecule has 6 aromatic rings. The van der Waals surface area contributed by atoms with E-state index in [1.54, 1.807) is 138 Å². The first-order valence-electron chi connectivity index (χ1n) is 27.6. The third-order valence-electron chi connectivity index (χ3n) is 16.7. The summed E-state index contributed by atoms with van der Waals surface area (Å²) in [6.07, 6.45) is 0. The van der Waals surface area contributed by atoms with E-state index in [0.29, 0.717) is 0 Å². The smallest absolute Gasteiger partial charge is 0.405 e. The van der Waals surface area contributed by atoms with Crippen molar-refractivity contribution in [3.05, 3.63) is 146 Å². The van der Waals surface area contributed by atoms with E-state index in [4.69, 9.17) is 27.9 Å². The van der Waals surface area contributed by atoms with Crippen LogP contribution in [0.5, 0.6) is 0 Å². The lowest BCUT2D eigenvalue weighted by Gasteiger charge is -2.42. The second-order valence-electron chi connectivity index (χ2n) is 24.2. The Morgan fingerprint density at radius 2 is 0.582 bits per heavy atom. The average molecular weight is 1720 g/mol. The Labute approximate surface area is 624 Å². The lowest BCUT2D eigenvalue weighted by molar-refractivity contribution is 0.00578. The highest BCUT2D eigenvalue weighted by Crippen LogP contribution is 2.55. The summed E-state index contributed by atoms with van der Waals surface area (Å²) in [5, 5.41) is 4.27. The molecule has 0 amide bonds. The van der Waals surface area contributed by atoms with Gasteiger partial charge in [0.1, 0.15) is 0 Å². The number of benzene rings is 4. The van der Waals surface area contributed by atoms with Gasteiger partial charge in [0, 0.05) is 207 Å². The van der Waals surface area contributed by atoms with Crippen molar-refractivity contribution in [2.24, 2.45) is 0 Å². The second-order valence-corrected chi connectivity index (χ2v) is 57.5. The van der Waals surface area contributed by atoms with Crippen LogP contribution in [0.25, 0.3) is 0 Å². The molecule has 0 N–H and O–H groups in total. The Balaban J connectivity index is 0.000000172. The molecule has 5 aliphatic rings. The number of rotatable bonds is 4. The van der Waals surface area contributed by atoms with Crippen molar-refractivity contribution in [2.45, 2.75) is 155 Å². The molecule has 35 heteroatoms. The summed E-state index contributed by atoms with van der Waals surface area (Å²) in [4.78, 5) is 4.75. The molecule has 2 aromatic heterocycles. The molecular weight excluding hydrogens is 1650 g/mol. The maximum atomic E-state index is 6.42.